The van der Waals surface area contributed by atoms with Gasteiger partial charge in [-0.1, -0.05) is 104 Å². The van der Waals surface area contributed by atoms with Gasteiger partial charge in [-0.3, -0.25) is 9.98 Å². The van der Waals surface area contributed by atoms with Crippen LogP contribution in [-0.4, -0.2) is 39.9 Å². The number of methoxy groups -OCH3 is 2. The summed E-state index contributed by atoms with van der Waals surface area (Å²) in [5.41, 5.74) is 3.60. The third kappa shape index (κ3) is 15.4. The average Bonchev–Trinajstić information content (AvgIpc) is 3.12. The molecular weight excluding hydrogens is 596 g/mol. The van der Waals surface area contributed by atoms with E-state index in [2.05, 4.69) is 23.8 Å². The average molecular weight is 657 g/mol. The molecule has 0 spiro atoms. The zero-order valence-corrected chi connectivity index (χ0v) is 30.2. The molecule has 48 heavy (non-hydrogen) atoms. The normalized spacial score (nSPS) is 11.4. The van der Waals surface area contributed by atoms with Crippen LogP contribution in [0.15, 0.2) is 70.6 Å². The highest BCUT2D eigenvalue weighted by Crippen LogP contribution is 2.30. The fourth-order valence-corrected chi connectivity index (χ4v) is 5.53. The number of aliphatic imine (C=N–C) groups is 2. The lowest BCUT2D eigenvalue weighted by Gasteiger charge is -2.11. The lowest BCUT2D eigenvalue weighted by atomic mass is 10.1. The molecule has 0 fully saturated rings. The van der Waals surface area contributed by atoms with Crippen molar-refractivity contribution in [2.75, 3.05) is 27.4 Å². The predicted molar refractivity (Wildman–Crippen MR) is 203 cm³/mol. The van der Waals surface area contributed by atoms with Crippen molar-refractivity contribution in [3.8, 4) is 23.0 Å². The third-order valence-corrected chi connectivity index (χ3v) is 8.46. The molecule has 3 aromatic rings. The molecule has 3 rings (SSSR count). The minimum atomic E-state index is 0.709. The van der Waals surface area contributed by atoms with Crippen molar-refractivity contribution < 1.29 is 18.9 Å². The van der Waals surface area contributed by atoms with Crippen molar-refractivity contribution in [3.63, 3.8) is 0 Å². The Balaban J connectivity index is 1.43. The molecule has 0 saturated heterocycles. The molecule has 0 bridgehead atoms. The lowest BCUT2D eigenvalue weighted by molar-refractivity contribution is 0.284. The van der Waals surface area contributed by atoms with Crippen molar-refractivity contribution in [2.45, 2.75) is 117 Å². The minimum absolute atomic E-state index is 0.709. The standard InChI is InChI=1S/C42H60N2O4/c1-5-7-9-11-13-15-17-19-29-47-39-27-21-35(31-41(39)45-3)33-43-37-23-25-38(26-24-37)44-34-36-22-28-40(42(32-36)46-4)48-30-20-18-16-14-12-10-8-6-2/h21-28,31-34H,5-20,29-30H2,1-4H3. The maximum atomic E-state index is 6.02. The monoisotopic (exact) mass is 656 g/mol. The van der Waals surface area contributed by atoms with E-state index in [4.69, 9.17) is 18.9 Å². The molecule has 0 aromatic heterocycles. The number of benzene rings is 3. The lowest BCUT2D eigenvalue weighted by Crippen LogP contribution is -2.00. The quantitative estimate of drug-likeness (QED) is 0.0637. The Kier molecular flexibility index (Phi) is 19.6. The molecule has 0 aliphatic rings. The molecule has 262 valence electrons. The SMILES string of the molecule is CCCCCCCCCCOc1ccc(C=Nc2ccc(N=Cc3ccc(OCCCCCCCCCC)c(OC)c3)cc2)cc1OC. The van der Waals surface area contributed by atoms with Gasteiger partial charge in [-0.25, -0.2) is 0 Å². The van der Waals surface area contributed by atoms with E-state index in [1.54, 1.807) is 14.2 Å². The molecule has 0 saturated carbocycles. The first-order chi connectivity index (χ1) is 23.7. The molecule has 0 unspecified atom stereocenters. The van der Waals surface area contributed by atoms with E-state index in [0.717, 1.165) is 58.3 Å². The number of nitrogens with zero attached hydrogens (tertiary/aromatic N) is 2. The van der Waals surface area contributed by atoms with Gasteiger partial charge in [0.25, 0.3) is 0 Å². The molecule has 0 radical (unpaired) electrons. The van der Waals surface area contributed by atoms with Crippen LogP contribution in [0.4, 0.5) is 11.4 Å². The highest BCUT2D eigenvalue weighted by Gasteiger charge is 2.07. The Morgan fingerprint density at radius 3 is 1.15 bits per heavy atom. The summed E-state index contributed by atoms with van der Waals surface area (Å²) in [6.07, 6.45) is 24.2. The largest absolute Gasteiger partial charge is 0.493 e. The van der Waals surface area contributed by atoms with Gasteiger partial charge in [-0.05, 0) is 84.6 Å². The van der Waals surface area contributed by atoms with E-state index >= 15 is 0 Å². The number of unbranched alkanes of at least 4 members (excludes halogenated alkanes) is 14. The van der Waals surface area contributed by atoms with Crippen LogP contribution in [0.3, 0.4) is 0 Å². The van der Waals surface area contributed by atoms with Crippen LogP contribution in [-0.2, 0) is 0 Å². The fourth-order valence-electron chi connectivity index (χ4n) is 5.53. The summed E-state index contributed by atoms with van der Waals surface area (Å²) in [6.45, 7) is 5.93. The molecule has 0 amide bonds. The van der Waals surface area contributed by atoms with E-state index in [1.165, 1.54) is 89.9 Å². The van der Waals surface area contributed by atoms with Crippen molar-refractivity contribution in [1.29, 1.82) is 0 Å². The molecule has 0 heterocycles. The summed E-state index contributed by atoms with van der Waals surface area (Å²) in [7, 11) is 3.35. The third-order valence-electron chi connectivity index (χ3n) is 8.46. The summed E-state index contributed by atoms with van der Waals surface area (Å²) in [5.74, 6) is 3.00. The molecule has 0 aliphatic heterocycles. The maximum Gasteiger partial charge on any atom is 0.161 e. The fraction of sp³-hybridized carbons (Fsp3) is 0.524. The Hall–Kier alpha value is -3.80. The van der Waals surface area contributed by atoms with Crippen LogP contribution in [0.1, 0.15) is 128 Å². The molecule has 0 aliphatic carbocycles. The first kappa shape index (κ1) is 38.6. The topological polar surface area (TPSA) is 61.6 Å². The number of ether oxygens (including phenoxy) is 4. The van der Waals surface area contributed by atoms with E-state index in [0.29, 0.717) is 13.2 Å². The van der Waals surface area contributed by atoms with Gasteiger partial charge in [-0.15, -0.1) is 0 Å². The molecule has 0 N–H and O–H groups in total. The highest BCUT2D eigenvalue weighted by molar-refractivity contribution is 5.84. The van der Waals surface area contributed by atoms with Crippen LogP contribution in [0, 0.1) is 0 Å². The van der Waals surface area contributed by atoms with Gasteiger partial charge in [0.1, 0.15) is 0 Å². The maximum absolute atomic E-state index is 6.02. The van der Waals surface area contributed by atoms with Crippen LogP contribution in [0.25, 0.3) is 0 Å². The first-order valence-corrected chi connectivity index (χ1v) is 18.5. The number of hydrogen-bond donors (Lipinski definition) is 0. The second-order valence-electron chi connectivity index (χ2n) is 12.5. The zero-order chi connectivity index (χ0) is 34.1. The van der Waals surface area contributed by atoms with Crippen molar-refractivity contribution in [1.82, 2.24) is 0 Å². The highest BCUT2D eigenvalue weighted by atomic mass is 16.5. The minimum Gasteiger partial charge on any atom is -0.493 e. The molecular formula is C42H60N2O4. The van der Waals surface area contributed by atoms with Gasteiger partial charge in [0, 0.05) is 12.4 Å². The Bertz CT molecular complexity index is 1230. The van der Waals surface area contributed by atoms with Gasteiger partial charge in [-0.2, -0.15) is 0 Å². The molecule has 6 nitrogen and oxygen atoms in total. The summed E-state index contributed by atoms with van der Waals surface area (Å²) >= 11 is 0. The van der Waals surface area contributed by atoms with Crippen LogP contribution in [0.5, 0.6) is 23.0 Å². The summed E-state index contributed by atoms with van der Waals surface area (Å²) in [6, 6.07) is 19.7. The summed E-state index contributed by atoms with van der Waals surface area (Å²) < 4.78 is 23.2. The van der Waals surface area contributed by atoms with Gasteiger partial charge in [0.15, 0.2) is 23.0 Å². The zero-order valence-electron chi connectivity index (χ0n) is 30.2. The van der Waals surface area contributed by atoms with Gasteiger partial charge in [0.2, 0.25) is 0 Å². The van der Waals surface area contributed by atoms with Gasteiger partial charge in [0.05, 0.1) is 38.8 Å². The van der Waals surface area contributed by atoms with Crippen LogP contribution < -0.4 is 18.9 Å². The van der Waals surface area contributed by atoms with Crippen molar-refractivity contribution in [2.24, 2.45) is 9.98 Å². The second kappa shape index (κ2) is 24.4. The molecule has 3 aromatic carbocycles. The summed E-state index contributed by atoms with van der Waals surface area (Å²) in [5, 5.41) is 0. The van der Waals surface area contributed by atoms with Gasteiger partial charge >= 0.3 is 0 Å². The van der Waals surface area contributed by atoms with E-state index in [9.17, 15) is 0 Å². The Morgan fingerprint density at radius 2 is 0.792 bits per heavy atom. The van der Waals surface area contributed by atoms with Crippen molar-refractivity contribution in [3.05, 3.63) is 71.8 Å². The first-order valence-electron chi connectivity index (χ1n) is 18.5. The predicted octanol–water partition coefficient (Wildman–Crippen LogP) is 12.2. The number of hydrogen-bond acceptors (Lipinski definition) is 6. The van der Waals surface area contributed by atoms with E-state index in [1.807, 2.05) is 73.1 Å². The number of rotatable bonds is 26. The van der Waals surface area contributed by atoms with Gasteiger partial charge < -0.3 is 18.9 Å². The Labute approximate surface area is 291 Å². The summed E-state index contributed by atoms with van der Waals surface area (Å²) in [4.78, 5) is 9.30. The second-order valence-corrected chi connectivity index (χ2v) is 12.5. The smallest absolute Gasteiger partial charge is 0.161 e. The Morgan fingerprint density at radius 1 is 0.438 bits per heavy atom. The molecule has 0 atom stereocenters. The van der Waals surface area contributed by atoms with E-state index < -0.39 is 0 Å². The van der Waals surface area contributed by atoms with Crippen molar-refractivity contribution >= 4 is 23.8 Å². The van der Waals surface area contributed by atoms with E-state index in [-0.39, 0.29) is 0 Å². The van der Waals surface area contributed by atoms with Crippen LogP contribution >= 0.6 is 0 Å². The van der Waals surface area contributed by atoms with Crippen LogP contribution in [0.2, 0.25) is 0 Å². The molecule has 6 heteroatoms.